The Morgan fingerprint density at radius 3 is 1.46 bits per heavy atom. The van der Waals surface area contributed by atoms with Crippen LogP contribution in [-0.2, 0) is 0.0399 Å². The van der Waals surface area contributed by atoms with Crippen molar-refractivity contribution in [3.8, 4) is 0 Å². The van der Waals surface area contributed by atoms with E-state index in [-0.39, 0.29) is 54.1 Å². The van der Waals surface area contributed by atoms with Crippen molar-refractivity contribution in [2.45, 2.75) is 7.43 Å². The molecule has 0 bridgehead atoms. The number of aldehydes is 1. The number of hydrazine groups is 1. The number of rotatable bonds is 2. The molecule has 0 heterocycles. The van der Waals surface area contributed by atoms with Crippen LogP contribution in [0.5, 0.6) is 0 Å². The number of aliphatic hydroxyl groups excluding tert-OH is 1. The molecule has 0 aliphatic heterocycles. The molecule has 130 valence electrons. The summed E-state index contributed by atoms with van der Waals surface area (Å²) in [6.07, 6.45) is 2.44. The van der Waals surface area contributed by atoms with E-state index in [0.29, 0.717) is 0 Å². The molecule has 0 aliphatic carbocycles. The van der Waals surface area contributed by atoms with E-state index in [0.717, 1.165) is 24.5 Å². The van der Waals surface area contributed by atoms with Crippen LogP contribution in [0.3, 0.4) is 0 Å². The molecule has 7 N–H and O–H groups in total. The summed E-state index contributed by atoms with van der Waals surface area (Å²) in [7, 11) is 1.00. The van der Waals surface area contributed by atoms with Gasteiger partial charge >= 0.3 is 46.8 Å². The molecule has 0 aromatic heterocycles. The summed E-state index contributed by atoms with van der Waals surface area (Å²) in [5.41, 5.74) is 1.76. The molecule has 0 spiro atoms. The molecular formula is C16H26BaN4O3. The van der Waals surface area contributed by atoms with E-state index in [2.05, 4.69) is 16.8 Å². The summed E-state index contributed by atoms with van der Waals surface area (Å²) in [6.45, 7) is 0. The van der Waals surface area contributed by atoms with E-state index in [9.17, 15) is 4.79 Å². The molecule has 8 heteroatoms. The number of nitrogens with two attached hydrogens (primary N) is 3. The number of carbonyl (C=O) groups is 1. The van der Waals surface area contributed by atoms with Crippen molar-refractivity contribution in [1.29, 1.82) is 0 Å². The summed E-state index contributed by atoms with van der Waals surface area (Å²) >= 11 is -0.222. The summed E-state index contributed by atoms with van der Waals surface area (Å²) in [5.74, 6) is 12.9. The predicted molar refractivity (Wildman–Crippen MR) is 99.7 cm³/mol. The molecule has 0 radical (unpaired) electrons. The zero-order chi connectivity index (χ0) is 18.3. The number of aliphatic hydroxyl groups is 1. The number of hydrogen-bond donors (Lipinski definition) is 4. The number of hydrogen-bond acceptors (Lipinski definition) is 7. The van der Waals surface area contributed by atoms with Crippen LogP contribution in [0.1, 0.15) is 23.3 Å². The fraction of sp³-hybridized carbons (Fsp3) is 0.125. The summed E-state index contributed by atoms with van der Waals surface area (Å²) < 4.78 is 8.44. The van der Waals surface area contributed by atoms with Crippen molar-refractivity contribution in [1.82, 2.24) is 0 Å². The third-order valence-electron chi connectivity index (χ3n) is 1.96. The molecule has 0 saturated carbocycles. The Hall–Kier alpha value is -1.17. The standard InChI is InChI=1S/C7H8N2.C7H6O.CH4O.CH4.Ba.H4N2.O/c8-9-6-7-4-2-1-3-5-7;8-6-7-4-2-1-3-5-7;1-2;;;1-2;/h1-6H,8H2;1-6H;2H,1H3;1H4;;1-2H2;. The van der Waals surface area contributed by atoms with Crippen molar-refractivity contribution < 1.29 is 9.94 Å². The van der Waals surface area contributed by atoms with Crippen LogP contribution in [0.15, 0.2) is 65.8 Å². The molecule has 2 aromatic rings. The maximum absolute atomic E-state index is 10.0. The van der Waals surface area contributed by atoms with Crippen LogP contribution < -0.4 is 17.5 Å². The van der Waals surface area contributed by atoms with Crippen molar-refractivity contribution in [3.63, 3.8) is 0 Å². The van der Waals surface area contributed by atoms with Gasteiger partial charge in [-0.15, -0.1) is 0 Å². The van der Waals surface area contributed by atoms with Crippen LogP contribution in [-0.4, -0.2) is 71.4 Å². The monoisotopic (exact) mass is 460 g/mol. The Morgan fingerprint density at radius 2 is 1.21 bits per heavy atom. The molecule has 0 atom stereocenters. The molecule has 0 amide bonds. The van der Waals surface area contributed by atoms with E-state index >= 15 is 0 Å². The molecule has 24 heavy (non-hydrogen) atoms. The van der Waals surface area contributed by atoms with Gasteiger partial charge in [-0.1, -0.05) is 68.1 Å². The number of benzene rings is 2. The van der Waals surface area contributed by atoms with Crippen LogP contribution in [0.2, 0.25) is 0 Å². The van der Waals surface area contributed by atoms with Gasteiger partial charge in [-0.05, 0) is 5.56 Å². The van der Waals surface area contributed by atoms with Crippen LogP contribution in [0.4, 0.5) is 0 Å². The van der Waals surface area contributed by atoms with Gasteiger partial charge in [0.25, 0.3) is 0 Å². The second-order valence-electron chi connectivity index (χ2n) is 3.22. The second-order valence-corrected chi connectivity index (χ2v) is 3.22. The first-order chi connectivity index (χ1) is 11.4. The molecular weight excluding hydrogens is 434 g/mol. The molecule has 2 rings (SSSR count). The molecule has 0 saturated heterocycles. The number of carbonyl (C=O) groups excluding carboxylic acids is 1. The summed E-state index contributed by atoms with van der Waals surface area (Å²) in [6, 6.07) is 18.8. The van der Waals surface area contributed by atoms with Gasteiger partial charge in [0, 0.05) is 12.7 Å². The van der Waals surface area contributed by atoms with Crippen molar-refractivity contribution in [2.75, 3.05) is 7.11 Å². The van der Waals surface area contributed by atoms with Gasteiger partial charge in [-0.3, -0.25) is 16.5 Å². The van der Waals surface area contributed by atoms with E-state index in [1.54, 1.807) is 18.3 Å². The third kappa shape index (κ3) is 20.8. The van der Waals surface area contributed by atoms with Gasteiger partial charge in [0.1, 0.15) is 6.29 Å². The van der Waals surface area contributed by atoms with E-state index < -0.39 is 0 Å². The maximum atomic E-state index is 10.0. The van der Waals surface area contributed by atoms with E-state index in [4.69, 9.17) is 11.0 Å². The molecule has 0 unspecified atom stereocenters. The average molecular weight is 460 g/mol. The SMILES string of the molecule is C.CO.NN.NN=Cc1ccccc1.O=Cc1ccccc1.[O]=[Ba]. The Bertz CT molecular complexity index is 485. The van der Waals surface area contributed by atoms with Gasteiger partial charge in [-0.25, -0.2) is 0 Å². The Balaban J connectivity index is -0.000000124. The Labute approximate surface area is 176 Å². The van der Waals surface area contributed by atoms with Gasteiger partial charge in [0.2, 0.25) is 0 Å². The van der Waals surface area contributed by atoms with Crippen molar-refractivity contribution in [3.05, 3.63) is 71.8 Å². The summed E-state index contributed by atoms with van der Waals surface area (Å²) in [4.78, 5) is 10.0. The molecule has 0 aliphatic rings. The van der Waals surface area contributed by atoms with E-state index in [1.165, 1.54) is 0 Å². The molecule has 0 fully saturated rings. The molecule has 7 nitrogen and oxygen atoms in total. The minimum atomic E-state index is -0.222. The van der Waals surface area contributed by atoms with Crippen LogP contribution in [0, 0.1) is 0 Å². The van der Waals surface area contributed by atoms with Gasteiger partial charge in [0.05, 0.1) is 6.21 Å². The van der Waals surface area contributed by atoms with E-state index in [1.807, 2.05) is 48.5 Å². The topological polar surface area (TPSA) is 145 Å². The third-order valence-corrected chi connectivity index (χ3v) is 1.96. The van der Waals surface area contributed by atoms with Gasteiger partial charge in [0.15, 0.2) is 0 Å². The fourth-order valence-electron chi connectivity index (χ4n) is 1.16. The first kappa shape index (κ1) is 30.7. The fourth-order valence-corrected chi connectivity index (χ4v) is 1.16. The Morgan fingerprint density at radius 1 is 0.875 bits per heavy atom. The van der Waals surface area contributed by atoms with Crippen LogP contribution in [0.25, 0.3) is 0 Å². The predicted octanol–water partition coefficient (Wildman–Crippen LogP) is 1.04. The zero-order valence-electron chi connectivity index (χ0n) is 13.1. The average Bonchev–Trinajstić information content (AvgIpc) is 2.69. The van der Waals surface area contributed by atoms with Crippen LogP contribution >= 0.6 is 0 Å². The number of nitrogens with zero attached hydrogens (tertiary/aromatic N) is 1. The number of hydrazone groups is 1. The second kappa shape index (κ2) is 29.8. The van der Waals surface area contributed by atoms with Crippen molar-refractivity contribution >= 4 is 59.2 Å². The summed E-state index contributed by atoms with van der Waals surface area (Å²) in [5, 5.41) is 10.4. The quantitative estimate of drug-likeness (QED) is 0.174. The zero-order valence-corrected chi connectivity index (χ0v) is 17.5. The molecule has 2 aromatic carbocycles. The first-order valence-corrected chi connectivity index (χ1v) is 8.03. The first-order valence-electron chi connectivity index (χ1n) is 6.22. The Kier molecular flexibility index (Phi) is 38.1. The van der Waals surface area contributed by atoms with Gasteiger partial charge < -0.3 is 10.9 Å². The minimum absolute atomic E-state index is 0. The normalized spacial score (nSPS) is 7.42. The van der Waals surface area contributed by atoms with Gasteiger partial charge in [-0.2, -0.15) is 5.10 Å². The van der Waals surface area contributed by atoms with Crippen molar-refractivity contribution in [2.24, 2.45) is 22.6 Å².